The summed E-state index contributed by atoms with van der Waals surface area (Å²) in [5.74, 6) is -1.83. The van der Waals surface area contributed by atoms with Crippen LogP contribution in [0.3, 0.4) is 0 Å². The fourth-order valence-electron chi connectivity index (χ4n) is 4.12. The fraction of sp³-hybridized carbons (Fsp3) is 0.200. The van der Waals surface area contributed by atoms with Crippen molar-refractivity contribution in [3.05, 3.63) is 88.0 Å². The van der Waals surface area contributed by atoms with E-state index in [2.05, 4.69) is 0 Å². The van der Waals surface area contributed by atoms with Gasteiger partial charge in [0.1, 0.15) is 11.6 Å². The van der Waals surface area contributed by atoms with Crippen LogP contribution in [0.2, 0.25) is 0 Å². The number of benzene rings is 3. The van der Waals surface area contributed by atoms with Crippen molar-refractivity contribution >= 4 is 17.8 Å². The molecule has 0 unspecified atom stereocenters. The molecule has 1 heterocycles. The molecule has 32 heavy (non-hydrogen) atoms. The summed E-state index contributed by atoms with van der Waals surface area (Å²) in [7, 11) is 0. The first kappa shape index (κ1) is 21.6. The van der Waals surface area contributed by atoms with Gasteiger partial charge in [0, 0.05) is 40.7 Å². The van der Waals surface area contributed by atoms with Crippen LogP contribution >= 0.6 is 0 Å². The van der Waals surface area contributed by atoms with E-state index < -0.39 is 17.2 Å². The number of carbonyl (C=O) groups is 1. The second-order valence-corrected chi connectivity index (χ2v) is 8.43. The van der Waals surface area contributed by atoms with Gasteiger partial charge in [0.2, 0.25) is 0 Å². The van der Waals surface area contributed by atoms with Gasteiger partial charge in [-0.2, -0.15) is 0 Å². The Labute approximate surface area is 184 Å². The van der Waals surface area contributed by atoms with E-state index in [0.29, 0.717) is 23.2 Å². The number of hydrogen-bond donors (Lipinski definition) is 3. The second kappa shape index (κ2) is 7.84. The van der Waals surface area contributed by atoms with Gasteiger partial charge in [0.05, 0.1) is 12.1 Å². The molecule has 1 aliphatic heterocycles. The van der Waals surface area contributed by atoms with Crippen molar-refractivity contribution in [3.8, 4) is 11.1 Å². The Morgan fingerprint density at radius 3 is 2.38 bits per heavy atom. The molecule has 7 heteroatoms. The van der Waals surface area contributed by atoms with Crippen LogP contribution < -0.4 is 5.73 Å². The molecule has 3 aromatic rings. The lowest BCUT2D eigenvalue weighted by molar-refractivity contribution is 0.0762. The smallest absolute Gasteiger partial charge is 0.254 e. The zero-order valence-electron chi connectivity index (χ0n) is 17.7. The maximum absolute atomic E-state index is 15.0. The minimum absolute atomic E-state index is 0.176. The van der Waals surface area contributed by atoms with E-state index in [9.17, 15) is 9.90 Å². The number of fused-ring (bicyclic) bond motifs is 1. The molecule has 164 valence electrons. The van der Waals surface area contributed by atoms with Gasteiger partial charge in [-0.3, -0.25) is 4.79 Å². The quantitative estimate of drug-likeness (QED) is 0.404. The molecular weight excluding hydrogens is 412 g/mol. The molecule has 0 atom stereocenters. The van der Waals surface area contributed by atoms with Gasteiger partial charge in [-0.25, -0.2) is 8.78 Å². The van der Waals surface area contributed by atoms with Crippen molar-refractivity contribution in [2.45, 2.75) is 32.5 Å². The summed E-state index contributed by atoms with van der Waals surface area (Å²) in [6.45, 7) is 3.24. The normalized spacial score (nSPS) is 13.4. The number of anilines is 1. The van der Waals surface area contributed by atoms with Gasteiger partial charge in [-0.15, -0.1) is 0 Å². The van der Waals surface area contributed by atoms with Gasteiger partial charge in [-0.1, -0.05) is 30.3 Å². The van der Waals surface area contributed by atoms with Crippen LogP contribution in [0.15, 0.2) is 48.5 Å². The van der Waals surface area contributed by atoms with Crippen molar-refractivity contribution in [2.75, 3.05) is 5.73 Å². The van der Waals surface area contributed by atoms with Crippen molar-refractivity contribution in [1.82, 2.24) is 4.90 Å². The third-order valence-electron chi connectivity index (χ3n) is 5.79. The average Bonchev–Trinajstić information content (AvgIpc) is 3.05. The van der Waals surface area contributed by atoms with E-state index in [1.54, 1.807) is 38.1 Å². The van der Waals surface area contributed by atoms with Gasteiger partial charge in [-0.05, 0) is 48.7 Å². The molecule has 4 N–H and O–H groups in total. The molecule has 1 aliphatic rings. The molecule has 0 radical (unpaired) electrons. The van der Waals surface area contributed by atoms with E-state index in [1.807, 2.05) is 12.1 Å². The largest absolute Gasteiger partial charge is 0.398 e. The number of amides is 1. The van der Waals surface area contributed by atoms with Crippen molar-refractivity contribution in [3.63, 3.8) is 0 Å². The predicted molar refractivity (Wildman–Crippen MR) is 119 cm³/mol. The first-order valence-electron chi connectivity index (χ1n) is 10.1. The Hall–Kier alpha value is -3.58. The Morgan fingerprint density at radius 2 is 1.78 bits per heavy atom. The molecule has 0 aromatic heterocycles. The molecule has 0 aliphatic carbocycles. The molecule has 0 spiro atoms. The Morgan fingerprint density at radius 1 is 1.12 bits per heavy atom. The highest BCUT2D eigenvalue weighted by Crippen LogP contribution is 2.36. The molecule has 3 aromatic carbocycles. The number of halogens is 2. The maximum Gasteiger partial charge on any atom is 0.254 e. The maximum atomic E-state index is 15.0. The summed E-state index contributed by atoms with van der Waals surface area (Å²) in [6, 6.07) is 12.6. The number of aliphatic hydroxyl groups is 1. The van der Waals surface area contributed by atoms with E-state index in [0.717, 1.165) is 11.8 Å². The number of nitrogen functional groups attached to an aromatic ring is 1. The number of hydrogen-bond acceptors (Lipinski definition) is 4. The monoisotopic (exact) mass is 435 g/mol. The summed E-state index contributed by atoms with van der Waals surface area (Å²) in [5.41, 5.74) is 7.53. The number of carbonyl (C=O) groups excluding carboxylic acids is 1. The van der Waals surface area contributed by atoms with Crippen molar-refractivity contribution in [2.24, 2.45) is 0 Å². The van der Waals surface area contributed by atoms with Crippen LogP contribution in [-0.2, 0) is 18.7 Å². The van der Waals surface area contributed by atoms with Gasteiger partial charge in [0.15, 0.2) is 0 Å². The highest BCUT2D eigenvalue weighted by Gasteiger charge is 2.29. The van der Waals surface area contributed by atoms with E-state index in [-0.39, 0.29) is 34.8 Å². The first-order chi connectivity index (χ1) is 15.1. The molecule has 5 nitrogen and oxygen atoms in total. The summed E-state index contributed by atoms with van der Waals surface area (Å²) in [6.07, 6.45) is 1.00. The van der Waals surface area contributed by atoms with Crippen LogP contribution in [0.25, 0.3) is 11.1 Å². The van der Waals surface area contributed by atoms with E-state index >= 15 is 8.78 Å². The molecule has 4 rings (SSSR count). The second-order valence-electron chi connectivity index (χ2n) is 8.43. The average molecular weight is 435 g/mol. The first-order valence-corrected chi connectivity index (χ1v) is 10.1. The zero-order chi connectivity index (χ0) is 23.2. The van der Waals surface area contributed by atoms with E-state index in [4.69, 9.17) is 11.1 Å². The molecule has 1 amide bonds. The lowest BCUT2D eigenvalue weighted by Gasteiger charge is -2.23. The van der Waals surface area contributed by atoms with Gasteiger partial charge < -0.3 is 21.1 Å². The van der Waals surface area contributed by atoms with Crippen molar-refractivity contribution in [1.29, 1.82) is 5.41 Å². The Bertz CT molecular complexity index is 1230. The Balaban J connectivity index is 1.69. The van der Waals surface area contributed by atoms with Crippen LogP contribution in [0, 0.1) is 17.0 Å². The molecular formula is C25H23F2N3O2. The fourth-order valence-corrected chi connectivity index (χ4v) is 4.12. The Kier molecular flexibility index (Phi) is 5.30. The van der Waals surface area contributed by atoms with Crippen molar-refractivity contribution < 1.29 is 18.7 Å². The highest BCUT2D eigenvalue weighted by molar-refractivity contribution is 5.98. The van der Waals surface area contributed by atoms with E-state index in [1.165, 1.54) is 17.0 Å². The van der Waals surface area contributed by atoms with Crippen LogP contribution in [0.5, 0.6) is 0 Å². The summed E-state index contributed by atoms with van der Waals surface area (Å²) in [5, 5.41) is 18.0. The SMILES string of the molecule is CC(C)(O)c1ccc(-c2cc(F)c(CN3Cc4ccccc4C3=O)c(F)c2)c(C=N)c1N. The number of nitrogens with two attached hydrogens (primary N) is 1. The third-order valence-corrected chi connectivity index (χ3v) is 5.79. The highest BCUT2D eigenvalue weighted by atomic mass is 19.1. The number of nitrogens with zero attached hydrogens (tertiary/aromatic N) is 1. The summed E-state index contributed by atoms with van der Waals surface area (Å²) < 4.78 is 30.0. The molecule has 0 saturated heterocycles. The summed E-state index contributed by atoms with van der Waals surface area (Å²) >= 11 is 0. The third kappa shape index (κ3) is 3.65. The summed E-state index contributed by atoms with van der Waals surface area (Å²) in [4.78, 5) is 14.0. The standard InChI is InChI=1S/C25H23F2N3O2/c1-25(2,32)20-8-7-16(18(11-28)23(20)29)15-9-21(26)19(22(27)10-15)13-30-12-14-5-3-4-6-17(14)24(30)31/h3-11,28,32H,12-13,29H2,1-2H3. The number of rotatable bonds is 5. The molecule has 0 fully saturated rings. The van der Waals surface area contributed by atoms with Gasteiger partial charge in [0.25, 0.3) is 5.91 Å². The van der Waals surface area contributed by atoms with Crippen LogP contribution in [-0.4, -0.2) is 22.1 Å². The predicted octanol–water partition coefficient (Wildman–Crippen LogP) is 4.60. The topological polar surface area (TPSA) is 90.4 Å². The molecule has 0 bridgehead atoms. The van der Waals surface area contributed by atoms with Gasteiger partial charge >= 0.3 is 0 Å². The minimum Gasteiger partial charge on any atom is -0.398 e. The van der Waals surface area contributed by atoms with Crippen LogP contribution in [0.1, 0.15) is 46.5 Å². The van der Waals surface area contributed by atoms with Crippen LogP contribution in [0.4, 0.5) is 14.5 Å². The lowest BCUT2D eigenvalue weighted by Crippen LogP contribution is -2.24. The number of nitrogens with one attached hydrogen (secondary N) is 1. The molecule has 0 saturated carbocycles. The zero-order valence-corrected chi connectivity index (χ0v) is 17.7. The lowest BCUT2D eigenvalue weighted by atomic mass is 9.89. The minimum atomic E-state index is -1.24.